The van der Waals surface area contributed by atoms with Gasteiger partial charge in [0.05, 0.1) is 29.0 Å². The molecule has 3 atom stereocenters. The second-order valence-corrected chi connectivity index (χ2v) is 12.1. The van der Waals surface area contributed by atoms with Gasteiger partial charge in [0, 0.05) is 45.8 Å². The predicted octanol–water partition coefficient (Wildman–Crippen LogP) is 2.66. The number of aryl methyl sites for hydroxylation is 2. The van der Waals surface area contributed by atoms with E-state index in [0.29, 0.717) is 52.0 Å². The quantitative estimate of drug-likeness (QED) is 0.471. The van der Waals surface area contributed by atoms with E-state index in [1.165, 1.54) is 0 Å². The summed E-state index contributed by atoms with van der Waals surface area (Å²) >= 11 is 0. The summed E-state index contributed by atoms with van der Waals surface area (Å²) in [6, 6.07) is 9.12. The number of piperidine rings is 1. The summed E-state index contributed by atoms with van der Waals surface area (Å²) in [4.78, 5) is 42.7. The van der Waals surface area contributed by atoms with Gasteiger partial charge in [-0.1, -0.05) is 42.5 Å². The van der Waals surface area contributed by atoms with Crippen molar-refractivity contribution in [3.8, 4) is 0 Å². The third-order valence-corrected chi connectivity index (χ3v) is 9.24. The van der Waals surface area contributed by atoms with Gasteiger partial charge < -0.3 is 20.7 Å². The van der Waals surface area contributed by atoms with Crippen molar-refractivity contribution >= 4 is 23.4 Å². The maximum absolute atomic E-state index is 13.8. The highest BCUT2D eigenvalue weighted by atomic mass is 16.5. The van der Waals surface area contributed by atoms with Crippen LogP contribution >= 0.6 is 0 Å². The Morgan fingerprint density at radius 3 is 2.60 bits per heavy atom. The largest absolute Gasteiger partial charge is 0.381 e. The van der Waals surface area contributed by atoms with Gasteiger partial charge in [-0.25, -0.2) is 0 Å². The fourth-order valence-corrected chi connectivity index (χ4v) is 6.54. The number of benzene rings is 1. The fraction of sp³-hybridized carbons (Fsp3) is 0.562. The molecule has 4 heterocycles. The van der Waals surface area contributed by atoms with Gasteiger partial charge in [-0.2, -0.15) is 5.10 Å². The van der Waals surface area contributed by atoms with E-state index >= 15 is 0 Å². The Hall–Kier alpha value is -3.50. The first-order valence-corrected chi connectivity index (χ1v) is 15.1. The van der Waals surface area contributed by atoms with E-state index in [1.54, 1.807) is 4.68 Å². The maximum atomic E-state index is 13.8. The van der Waals surface area contributed by atoms with Crippen molar-refractivity contribution < 1.29 is 19.1 Å². The standard InChI is InChI=1S/C32H44N6O4/c1-22-29(23(2)37(3)36-22)35-28(39)21-38-16-12-26-25(20-38)11-7-8-13-32(14-17-42-18-15-32)31(41)34-27(30(40)33-26)19-24-9-5-4-6-10-24/h4-10,25-27H,11-21H2,1-3H3,(H,33,40)(H,34,41)(H,35,39)/b8-7+/t25-,26+,27+/m0/s1. The monoisotopic (exact) mass is 576 g/mol. The zero-order valence-electron chi connectivity index (χ0n) is 25.0. The van der Waals surface area contributed by atoms with Crippen LogP contribution in [0.5, 0.6) is 0 Å². The highest BCUT2D eigenvalue weighted by Crippen LogP contribution is 2.36. The van der Waals surface area contributed by atoms with Gasteiger partial charge >= 0.3 is 0 Å². The average Bonchev–Trinajstić information content (AvgIpc) is 3.22. The van der Waals surface area contributed by atoms with E-state index in [2.05, 4.69) is 38.1 Å². The zero-order valence-corrected chi connectivity index (χ0v) is 25.0. The normalized spacial score (nSPS) is 25.8. The molecule has 0 radical (unpaired) electrons. The van der Waals surface area contributed by atoms with Crippen LogP contribution in [-0.4, -0.2) is 77.3 Å². The first-order chi connectivity index (χ1) is 20.2. The van der Waals surface area contributed by atoms with Crippen LogP contribution in [-0.2, 0) is 32.6 Å². The smallest absolute Gasteiger partial charge is 0.243 e. The molecule has 0 saturated carbocycles. The molecule has 3 N–H and O–H groups in total. The second kappa shape index (κ2) is 13.2. The lowest BCUT2D eigenvalue weighted by molar-refractivity contribution is -0.140. The van der Waals surface area contributed by atoms with Gasteiger partial charge in [-0.05, 0) is 57.4 Å². The van der Waals surface area contributed by atoms with Crippen LogP contribution in [0.4, 0.5) is 5.69 Å². The number of likely N-dealkylation sites (tertiary alicyclic amines) is 1. The van der Waals surface area contributed by atoms with Crippen molar-refractivity contribution in [3.63, 3.8) is 0 Å². The van der Waals surface area contributed by atoms with Crippen molar-refractivity contribution in [2.24, 2.45) is 18.4 Å². The molecule has 3 aliphatic heterocycles. The summed E-state index contributed by atoms with van der Waals surface area (Å²) in [6.45, 7) is 6.59. The topological polar surface area (TPSA) is 118 Å². The highest BCUT2D eigenvalue weighted by Gasteiger charge is 2.41. The Morgan fingerprint density at radius 2 is 1.88 bits per heavy atom. The Kier molecular flexibility index (Phi) is 9.43. The number of anilines is 1. The van der Waals surface area contributed by atoms with Crippen LogP contribution in [0.15, 0.2) is 42.5 Å². The third kappa shape index (κ3) is 6.93. The number of amides is 3. The molecular formula is C32H44N6O4. The molecule has 2 saturated heterocycles. The van der Waals surface area contributed by atoms with Crippen molar-refractivity contribution in [3.05, 3.63) is 59.4 Å². The molecule has 226 valence electrons. The predicted molar refractivity (Wildman–Crippen MR) is 161 cm³/mol. The summed E-state index contributed by atoms with van der Waals surface area (Å²) in [7, 11) is 1.87. The number of aromatic nitrogens is 2. The van der Waals surface area contributed by atoms with Crippen molar-refractivity contribution in [1.29, 1.82) is 0 Å². The van der Waals surface area contributed by atoms with Gasteiger partial charge in [0.15, 0.2) is 0 Å². The van der Waals surface area contributed by atoms with Crippen LogP contribution in [0.25, 0.3) is 0 Å². The lowest BCUT2D eigenvalue weighted by atomic mass is 9.75. The SMILES string of the molecule is Cc1nn(C)c(C)c1NC(=O)CN1CC[C@H]2NC(=O)[C@@H](Cc3ccccc3)NC(=O)C3(C/C=C/C[C@H]2C1)CCOCC3. The van der Waals surface area contributed by atoms with E-state index in [-0.39, 0.29) is 36.2 Å². The first kappa shape index (κ1) is 30.0. The van der Waals surface area contributed by atoms with E-state index in [9.17, 15) is 14.4 Å². The van der Waals surface area contributed by atoms with Gasteiger partial charge in [-0.3, -0.25) is 24.0 Å². The number of carbonyl (C=O) groups excluding carboxylic acids is 3. The highest BCUT2D eigenvalue weighted by molar-refractivity contribution is 5.93. The minimum absolute atomic E-state index is 0.0454. The van der Waals surface area contributed by atoms with Crippen LogP contribution in [0, 0.1) is 25.2 Å². The lowest BCUT2D eigenvalue weighted by Gasteiger charge is -2.40. The van der Waals surface area contributed by atoms with Crippen molar-refractivity contribution in [2.75, 3.05) is 38.2 Å². The Balaban J connectivity index is 1.32. The van der Waals surface area contributed by atoms with Crippen LogP contribution < -0.4 is 16.0 Å². The molecule has 0 aliphatic carbocycles. The molecule has 1 spiro atoms. The molecule has 0 unspecified atom stereocenters. The van der Waals surface area contributed by atoms with Gasteiger partial charge in [0.1, 0.15) is 6.04 Å². The zero-order chi connectivity index (χ0) is 29.7. The number of hydrogen-bond acceptors (Lipinski definition) is 6. The number of allylic oxidation sites excluding steroid dienone is 2. The minimum atomic E-state index is -0.668. The number of rotatable bonds is 5. The second-order valence-electron chi connectivity index (χ2n) is 12.1. The van der Waals surface area contributed by atoms with Gasteiger partial charge in [0.25, 0.3) is 0 Å². The maximum Gasteiger partial charge on any atom is 0.243 e. The number of carbonyl (C=O) groups is 3. The molecule has 5 rings (SSSR count). The molecule has 3 aliphatic rings. The molecule has 3 amide bonds. The molecular weight excluding hydrogens is 532 g/mol. The molecule has 10 heteroatoms. The number of fused-ring (bicyclic) bond motifs is 1. The summed E-state index contributed by atoms with van der Waals surface area (Å²) < 4.78 is 7.37. The van der Waals surface area contributed by atoms with Crippen molar-refractivity contribution in [1.82, 2.24) is 25.3 Å². The Labute approximate surface area is 248 Å². The number of ether oxygens (including phenoxy) is 1. The van der Waals surface area contributed by atoms with E-state index in [1.807, 2.05) is 51.2 Å². The Morgan fingerprint density at radius 1 is 1.12 bits per heavy atom. The Bertz CT molecular complexity index is 1300. The van der Waals surface area contributed by atoms with E-state index in [4.69, 9.17) is 4.74 Å². The van der Waals surface area contributed by atoms with Gasteiger partial charge in [-0.15, -0.1) is 0 Å². The average molecular weight is 577 g/mol. The molecule has 1 aromatic carbocycles. The molecule has 2 fully saturated rings. The van der Waals surface area contributed by atoms with Crippen molar-refractivity contribution in [2.45, 2.75) is 64.5 Å². The molecule has 1 aromatic heterocycles. The van der Waals surface area contributed by atoms with Crippen LogP contribution in [0.1, 0.15) is 49.1 Å². The molecule has 42 heavy (non-hydrogen) atoms. The van der Waals surface area contributed by atoms with Crippen LogP contribution in [0.3, 0.4) is 0 Å². The van der Waals surface area contributed by atoms with Crippen LogP contribution in [0.2, 0.25) is 0 Å². The lowest BCUT2D eigenvalue weighted by Crippen LogP contribution is -2.58. The summed E-state index contributed by atoms with van der Waals surface area (Å²) in [5.74, 6) is -0.134. The third-order valence-electron chi connectivity index (χ3n) is 9.24. The number of hydrogen-bond donors (Lipinski definition) is 3. The summed E-state index contributed by atoms with van der Waals surface area (Å²) in [6.07, 6.45) is 8.10. The van der Waals surface area contributed by atoms with Gasteiger partial charge in [0.2, 0.25) is 17.7 Å². The van der Waals surface area contributed by atoms with E-state index in [0.717, 1.165) is 35.5 Å². The van der Waals surface area contributed by atoms with E-state index < -0.39 is 11.5 Å². The molecule has 0 bridgehead atoms. The summed E-state index contributed by atoms with van der Waals surface area (Å²) in [5, 5.41) is 13.9. The number of nitrogens with one attached hydrogen (secondary N) is 3. The fourth-order valence-electron chi connectivity index (χ4n) is 6.54. The number of nitrogens with zero attached hydrogens (tertiary/aromatic N) is 3. The molecule has 2 aromatic rings. The minimum Gasteiger partial charge on any atom is -0.381 e. The molecule has 10 nitrogen and oxygen atoms in total. The first-order valence-electron chi connectivity index (χ1n) is 15.1. The summed E-state index contributed by atoms with van der Waals surface area (Å²) in [5.41, 5.74) is 2.91.